The first kappa shape index (κ1) is 25.5. The Morgan fingerprint density at radius 2 is 1.30 bits per heavy atom. The zero-order valence-electron chi connectivity index (χ0n) is 18.5. The van der Waals surface area contributed by atoms with Gasteiger partial charge in [-0.2, -0.15) is 0 Å². The van der Waals surface area contributed by atoms with Crippen molar-refractivity contribution in [2.45, 2.75) is 70.4 Å². The van der Waals surface area contributed by atoms with Crippen molar-refractivity contribution < 1.29 is 42.7 Å². The molecule has 174 valence electrons. The second kappa shape index (κ2) is 11.8. The first-order valence-corrected chi connectivity index (χ1v) is 11.4. The topological polar surface area (TPSA) is 98.8 Å². The molecule has 0 amide bonds. The van der Waals surface area contributed by atoms with E-state index < -0.39 is 23.6 Å². The molecule has 0 aromatic heterocycles. The molecular weight excluding hydrogens is 416 g/mol. The number of ether oxygens (including phenoxy) is 7. The van der Waals surface area contributed by atoms with Crippen molar-refractivity contribution in [3.8, 4) is 0 Å². The zero-order valence-corrected chi connectivity index (χ0v) is 19.3. The Morgan fingerprint density at radius 1 is 0.867 bits per heavy atom. The molecule has 2 heterocycles. The number of carbonyl (C=O) groups excluding carboxylic acids is 2. The normalized spacial score (nSPS) is 22.2. The summed E-state index contributed by atoms with van der Waals surface area (Å²) in [6, 6.07) is 0. The Kier molecular flexibility index (Phi) is 9.99. The Hall–Kier alpha value is -0.750. The molecule has 2 aliphatic rings. The number of carbonyl (C=O) groups is 2. The van der Waals surface area contributed by atoms with Gasteiger partial charge in [-0.25, -0.2) is 0 Å². The molecule has 0 atom stereocenters. The van der Waals surface area contributed by atoms with Crippen LogP contribution in [-0.2, 0) is 42.7 Å². The average molecular weight is 451 g/mol. The molecule has 10 heteroatoms. The lowest BCUT2D eigenvalue weighted by Gasteiger charge is -2.36. The summed E-state index contributed by atoms with van der Waals surface area (Å²) in [4.78, 5) is 23.6. The van der Waals surface area contributed by atoms with Crippen LogP contribution in [0.2, 0.25) is 0 Å². The van der Waals surface area contributed by atoms with Crippen LogP contribution >= 0.6 is 11.8 Å². The lowest BCUT2D eigenvalue weighted by atomic mass is 10.3. The molecule has 0 N–H and O–H groups in total. The van der Waals surface area contributed by atoms with Crippen LogP contribution < -0.4 is 0 Å². The number of thioether (sulfide) groups is 1. The van der Waals surface area contributed by atoms with Crippen molar-refractivity contribution in [1.29, 1.82) is 0 Å². The Morgan fingerprint density at radius 3 is 1.70 bits per heavy atom. The molecule has 0 bridgehead atoms. The van der Waals surface area contributed by atoms with E-state index in [0.717, 1.165) is 11.8 Å². The van der Waals surface area contributed by atoms with E-state index in [2.05, 4.69) is 0 Å². The summed E-state index contributed by atoms with van der Waals surface area (Å²) in [6.45, 7) is 9.15. The summed E-state index contributed by atoms with van der Waals surface area (Å²) in [6.07, 6.45) is 0.672. The van der Waals surface area contributed by atoms with Crippen LogP contribution in [0.4, 0.5) is 0 Å². The van der Waals surface area contributed by atoms with E-state index in [1.54, 1.807) is 6.26 Å². The van der Waals surface area contributed by atoms with Gasteiger partial charge in [-0.3, -0.25) is 9.59 Å². The number of hydrogen-bond donors (Lipinski definition) is 0. The van der Waals surface area contributed by atoms with Crippen molar-refractivity contribution in [1.82, 2.24) is 0 Å². The predicted octanol–water partition coefficient (Wildman–Crippen LogP) is 1.90. The summed E-state index contributed by atoms with van der Waals surface area (Å²) in [7, 11) is 0. The van der Waals surface area contributed by atoms with Gasteiger partial charge in [0.25, 0.3) is 0 Å². The average Bonchev–Trinajstić information content (AvgIpc) is 2.69. The summed E-state index contributed by atoms with van der Waals surface area (Å²) >= 11 is 1.09. The van der Waals surface area contributed by atoms with E-state index in [9.17, 15) is 9.59 Å². The molecule has 0 aromatic rings. The number of rotatable bonds is 10. The van der Waals surface area contributed by atoms with E-state index in [1.165, 1.54) is 0 Å². The van der Waals surface area contributed by atoms with Gasteiger partial charge in [-0.05, 0) is 34.0 Å². The standard InChI is InChI=1S/C20H34O9S/c1-19(2)25-10-14(11-26-19)23-8-16(29-17(21)6-7-18(22)30-5)9-24-15-12-27-20(3,4)28-13-15/h14-16H,6-13H2,1-5H3. The maximum Gasteiger partial charge on any atom is 0.306 e. The zero-order chi connectivity index (χ0) is 22.2. The highest BCUT2D eigenvalue weighted by Crippen LogP contribution is 2.20. The molecule has 0 aromatic carbocycles. The lowest BCUT2D eigenvalue weighted by molar-refractivity contribution is -0.286. The molecule has 9 nitrogen and oxygen atoms in total. The van der Waals surface area contributed by atoms with Crippen molar-refractivity contribution >= 4 is 22.8 Å². The third kappa shape index (κ3) is 9.59. The van der Waals surface area contributed by atoms with Gasteiger partial charge in [0.05, 0.1) is 46.1 Å². The van der Waals surface area contributed by atoms with Crippen LogP contribution in [0, 0.1) is 0 Å². The fourth-order valence-corrected chi connectivity index (χ4v) is 3.01. The second-order valence-corrected chi connectivity index (χ2v) is 9.01. The van der Waals surface area contributed by atoms with Crippen LogP contribution in [0.5, 0.6) is 0 Å². The minimum absolute atomic E-state index is 0.0177. The summed E-state index contributed by atoms with van der Waals surface area (Å²) in [5.41, 5.74) is 0. The molecule has 2 fully saturated rings. The lowest BCUT2D eigenvalue weighted by Crippen LogP contribution is -2.45. The Labute approximate surface area is 182 Å². The Bertz CT molecular complexity index is 514. The van der Waals surface area contributed by atoms with Crippen LogP contribution in [0.25, 0.3) is 0 Å². The number of hydrogen-bond acceptors (Lipinski definition) is 10. The van der Waals surface area contributed by atoms with Crippen molar-refractivity contribution in [2.24, 2.45) is 0 Å². The maximum absolute atomic E-state index is 12.2. The van der Waals surface area contributed by atoms with E-state index in [-0.39, 0.29) is 43.4 Å². The molecule has 2 aliphatic heterocycles. The molecule has 30 heavy (non-hydrogen) atoms. The predicted molar refractivity (Wildman–Crippen MR) is 109 cm³/mol. The van der Waals surface area contributed by atoms with E-state index in [1.807, 2.05) is 27.7 Å². The van der Waals surface area contributed by atoms with Crippen LogP contribution in [0.3, 0.4) is 0 Å². The quantitative estimate of drug-likeness (QED) is 0.459. The third-order valence-corrected chi connectivity index (χ3v) is 5.22. The molecule has 0 spiro atoms. The van der Waals surface area contributed by atoms with Gasteiger partial charge in [-0.1, -0.05) is 11.8 Å². The van der Waals surface area contributed by atoms with E-state index in [0.29, 0.717) is 26.4 Å². The fourth-order valence-electron chi connectivity index (χ4n) is 2.70. The van der Waals surface area contributed by atoms with Crippen LogP contribution in [-0.4, -0.2) is 86.9 Å². The van der Waals surface area contributed by atoms with Crippen molar-refractivity contribution in [3.63, 3.8) is 0 Å². The molecular formula is C20H34O9S. The SMILES string of the molecule is CSC(=O)CCC(=O)OC(COC1COC(C)(C)OC1)COC1COC(C)(C)OC1. The van der Waals surface area contributed by atoms with Gasteiger partial charge in [0.1, 0.15) is 18.3 Å². The van der Waals surface area contributed by atoms with Crippen LogP contribution in [0.15, 0.2) is 0 Å². The van der Waals surface area contributed by atoms with Gasteiger partial charge in [0.2, 0.25) is 0 Å². The molecule has 0 unspecified atom stereocenters. The highest BCUT2D eigenvalue weighted by molar-refractivity contribution is 8.13. The maximum atomic E-state index is 12.2. The largest absolute Gasteiger partial charge is 0.457 e. The molecule has 0 aliphatic carbocycles. The fraction of sp³-hybridized carbons (Fsp3) is 0.900. The minimum atomic E-state index is -0.633. The summed E-state index contributed by atoms with van der Waals surface area (Å²) in [5, 5.41) is -0.0609. The van der Waals surface area contributed by atoms with Crippen LogP contribution in [0.1, 0.15) is 40.5 Å². The third-order valence-electron chi connectivity index (χ3n) is 4.56. The molecule has 0 saturated carbocycles. The summed E-state index contributed by atoms with van der Waals surface area (Å²) < 4.78 is 39.5. The highest BCUT2D eigenvalue weighted by Gasteiger charge is 2.31. The molecule has 2 saturated heterocycles. The minimum Gasteiger partial charge on any atom is -0.457 e. The van der Waals surface area contributed by atoms with Crippen molar-refractivity contribution in [2.75, 3.05) is 45.9 Å². The van der Waals surface area contributed by atoms with Gasteiger partial charge >= 0.3 is 5.97 Å². The second-order valence-electron chi connectivity index (χ2n) is 8.14. The van der Waals surface area contributed by atoms with E-state index >= 15 is 0 Å². The van der Waals surface area contributed by atoms with E-state index in [4.69, 9.17) is 33.2 Å². The van der Waals surface area contributed by atoms with Gasteiger partial charge in [-0.15, -0.1) is 0 Å². The first-order chi connectivity index (χ1) is 14.1. The first-order valence-electron chi connectivity index (χ1n) is 10.1. The molecule has 2 rings (SSSR count). The highest BCUT2D eigenvalue weighted by atomic mass is 32.2. The summed E-state index contributed by atoms with van der Waals surface area (Å²) in [5.74, 6) is -1.73. The van der Waals surface area contributed by atoms with Gasteiger partial charge in [0.15, 0.2) is 16.7 Å². The Balaban J connectivity index is 1.81. The van der Waals surface area contributed by atoms with Gasteiger partial charge < -0.3 is 33.2 Å². The van der Waals surface area contributed by atoms with Crippen molar-refractivity contribution in [3.05, 3.63) is 0 Å². The van der Waals surface area contributed by atoms with Gasteiger partial charge in [0, 0.05) is 6.42 Å². The molecule has 0 radical (unpaired) electrons. The monoisotopic (exact) mass is 450 g/mol. The smallest absolute Gasteiger partial charge is 0.306 e. The number of esters is 1.